The fourth-order valence-corrected chi connectivity index (χ4v) is 1.46. The van der Waals surface area contributed by atoms with E-state index in [-0.39, 0.29) is 12.0 Å². The number of anilines is 1. The van der Waals surface area contributed by atoms with Crippen LogP contribution in [0.15, 0.2) is 18.2 Å². The molecule has 0 saturated heterocycles. The van der Waals surface area contributed by atoms with E-state index in [1.807, 2.05) is 26.0 Å². The van der Waals surface area contributed by atoms with Crippen molar-refractivity contribution in [1.29, 1.82) is 0 Å². The van der Waals surface area contributed by atoms with Crippen LogP contribution in [-0.2, 0) is 9.53 Å². The first-order valence-electron chi connectivity index (χ1n) is 5.12. The monoisotopic (exact) mass is 241 g/mol. The largest absolute Gasteiger partial charge is 0.381 e. The van der Waals surface area contributed by atoms with Gasteiger partial charge in [-0.1, -0.05) is 17.7 Å². The van der Waals surface area contributed by atoms with E-state index < -0.39 is 0 Å². The molecule has 3 nitrogen and oxygen atoms in total. The predicted octanol–water partition coefficient (Wildman–Crippen LogP) is 3.01. The molecule has 0 aromatic heterocycles. The maximum Gasteiger partial charge on any atom is 0.226 e. The van der Waals surface area contributed by atoms with Gasteiger partial charge in [-0.05, 0) is 31.5 Å². The maximum absolute atomic E-state index is 11.6. The Morgan fingerprint density at radius 1 is 1.56 bits per heavy atom. The highest BCUT2D eigenvalue weighted by Crippen LogP contribution is 2.23. The smallest absolute Gasteiger partial charge is 0.226 e. The number of hydrogen-bond donors (Lipinski definition) is 1. The molecule has 1 aromatic carbocycles. The molecule has 0 aliphatic rings. The van der Waals surface area contributed by atoms with Crippen molar-refractivity contribution in [2.45, 2.75) is 26.4 Å². The Bertz CT molecular complexity index is 379. The standard InChI is InChI=1S/C12H16ClNO2/c1-8(16-3)7-12(15)14-11-6-4-5-10(13)9(11)2/h4-6,8H,7H2,1-3H3,(H,14,15). The molecule has 1 atom stereocenters. The zero-order valence-corrected chi connectivity index (χ0v) is 10.5. The average molecular weight is 242 g/mol. The number of halogens is 1. The summed E-state index contributed by atoms with van der Waals surface area (Å²) < 4.78 is 5.03. The molecule has 0 aliphatic heterocycles. The maximum atomic E-state index is 11.6. The van der Waals surface area contributed by atoms with Gasteiger partial charge in [-0.15, -0.1) is 0 Å². The number of carbonyl (C=O) groups is 1. The second-order valence-electron chi connectivity index (χ2n) is 3.71. The lowest BCUT2D eigenvalue weighted by molar-refractivity contribution is -0.118. The molecule has 1 amide bonds. The SMILES string of the molecule is COC(C)CC(=O)Nc1cccc(Cl)c1C. The van der Waals surface area contributed by atoms with Crippen molar-refractivity contribution in [3.63, 3.8) is 0 Å². The number of benzene rings is 1. The van der Waals surface area contributed by atoms with Crippen molar-refractivity contribution in [3.05, 3.63) is 28.8 Å². The Labute approximate surface area is 101 Å². The summed E-state index contributed by atoms with van der Waals surface area (Å²) in [4.78, 5) is 11.6. The summed E-state index contributed by atoms with van der Waals surface area (Å²) in [6, 6.07) is 5.44. The Morgan fingerprint density at radius 3 is 2.88 bits per heavy atom. The Morgan fingerprint density at radius 2 is 2.25 bits per heavy atom. The van der Waals surface area contributed by atoms with E-state index in [4.69, 9.17) is 16.3 Å². The van der Waals surface area contributed by atoms with Gasteiger partial charge < -0.3 is 10.1 Å². The predicted molar refractivity (Wildman–Crippen MR) is 65.9 cm³/mol. The molecule has 4 heteroatoms. The van der Waals surface area contributed by atoms with Crippen molar-refractivity contribution in [1.82, 2.24) is 0 Å². The third-order valence-electron chi connectivity index (χ3n) is 2.42. The summed E-state index contributed by atoms with van der Waals surface area (Å²) in [5.41, 5.74) is 1.63. The van der Waals surface area contributed by atoms with E-state index in [0.717, 1.165) is 11.3 Å². The number of hydrogen-bond acceptors (Lipinski definition) is 2. The van der Waals surface area contributed by atoms with E-state index in [0.29, 0.717) is 11.4 Å². The Hall–Kier alpha value is -1.06. The second kappa shape index (κ2) is 5.87. The molecule has 16 heavy (non-hydrogen) atoms. The van der Waals surface area contributed by atoms with Gasteiger partial charge in [0, 0.05) is 17.8 Å². The molecule has 0 bridgehead atoms. The van der Waals surface area contributed by atoms with Crippen molar-refractivity contribution >= 4 is 23.2 Å². The van der Waals surface area contributed by atoms with Crippen molar-refractivity contribution in [3.8, 4) is 0 Å². The molecular formula is C12H16ClNO2. The number of methoxy groups -OCH3 is 1. The van der Waals surface area contributed by atoms with Gasteiger partial charge in [-0.25, -0.2) is 0 Å². The molecule has 0 aliphatic carbocycles. The lowest BCUT2D eigenvalue weighted by atomic mass is 10.2. The van der Waals surface area contributed by atoms with Crippen LogP contribution in [0, 0.1) is 6.92 Å². The first kappa shape index (κ1) is 13.0. The van der Waals surface area contributed by atoms with Crippen LogP contribution in [0.1, 0.15) is 18.9 Å². The van der Waals surface area contributed by atoms with Crippen LogP contribution in [0.4, 0.5) is 5.69 Å². The summed E-state index contributed by atoms with van der Waals surface area (Å²) in [6.45, 7) is 3.72. The quantitative estimate of drug-likeness (QED) is 0.880. The van der Waals surface area contributed by atoms with Crippen molar-refractivity contribution in [2.24, 2.45) is 0 Å². The third-order valence-corrected chi connectivity index (χ3v) is 2.83. The van der Waals surface area contributed by atoms with E-state index in [9.17, 15) is 4.79 Å². The zero-order chi connectivity index (χ0) is 12.1. The van der Waals surface area contributed by atoms with Crippen LogP contribution in [0.2, 0.25) is 5.02 Å². The fraction of sp³-hybridized carbons (Fsp3) is 0.417. The minimum Gasteiger partial charge on any atom is -0.381 e. The molecule has 0 fully saturated rings. The third kappa shape index (κ3) is 3.51. The van der Waals surface area contributed by atoms with Crippen LogP contribution in [0.5, 0.6) is 0 Å². The van der Waals surface area contributed by atoms with E-state index in [2.05, 4.69) is 5.32 Å². The average Bonchev–Trinajstić information content (AvgIpc) is 2.24. The normalized spacial score (nSPS) is 12.2. The van der Waals surface area contributed by atoms with Gasteiger partial charge in [-0.2, -0.15) is 0 Å². The lowest BCUT2D eigenvalue weighted by Gasteiger charge is -2.12. The molecule has 88 valence electrons. The summed E-state index contributed by atoms with van der Waals surface area (Å²) in [5.74, 6) is -0.0697. The minimum absolute atomic E-state index is 0.0697. The van der Waals surface area contributed by atoms with Crippen molar-refractivity contribution < 1.29 is 9.53 Å². The van der Waals surface area contributed by atoms with Crippen LogP contribution in [0.25, 0.3) is 0 Å². The molecule has 0 heterocycles. The van der Waals surface area contributed by atoms with Crippen LogP contribution >= 0.6 is 11.6 Å². The van der Waals surface area contributed by atoms with Gasteiger partial charge in [-0.3, -0.25) is 4.79 Å². The highest BCUT2D eigenvalue weighted by Gasteiger charge is 2.10. The van der Waals surface area contributed by atoms with Gasteiger partial charge in [0.25, 0.3) is 0 Å². The minimum atomic E-state index is -0.0838. The first-order valence-corrected chi connectivity index (χ1v) is 5.50. The van der Waals surface area contributed by atoms with E-state index >= 15 is 0 Å². The topological polar surface area (TPSA) is 38.3 Å². The van der Waals surface area contributed by atoms with Crippen LogP contribution in [-0.4, -0.2) is 19.1 Å². The Balaban J connectivity index is 2.66. The zero-order valence-electron chi connectivity index (χ0n) is 9.71. The molecule has 0 spiro atoms. The van der Waals surface area contributed by atoms with Gasteiger partial charge in [0.2, 0.25) is 5.91 Å². The van der Waals surface area contributed by atoms with Crippen LogP contribution < -0.4 is 5.32 Å². The number of ether oxygens (including phenoxy) is 1. The van der Waals surface area contributed by atoms with Gasteiger partial charge in [0.1, 0.15) is 0 Å². The van der Waals surface area contributed by atoms with Gasteiger partial charge in [0.05, 0.1) is 12.5 Å². The molecule has 1 N–H and O–H groups in total. The van der Waals surface area contributed by atoms with Crippen LogP contribution in [0.3, 0.4) is 0 Å². The number of nitrogens with one attached hydrogen (secondary N) is 1. The number of rotatable bonds is 4. The van der Waals surface area contributed by atoms with E-state index in [1.165, 1.54) is 0 Å². The van der Waals surface area contributed by atoms with Crippen molar-refractivity contribution in [2.75, 3.05) is 12.4 Å². The Kier molecular flexibility index (Phi) is 4.77. The fourth-order valence-electron chi connectivity index (χ4n) is 1.29. The molecule has 1 unspecified atom stereocenters. The molecule has 1 rings (SSSR count). The highest BCUT2D eigenvalue weighted by atomic mass is 35.5. The lowest BCUT2D eigenvalue weighted by Crippen LogP contribution is -2.19. The summed E-state index contributed by atoms with van der Waals surface area (Å²) in [7, 11) is 1.59. The van der Waals surface area contributed by atoms with Gasteiger partial charge in [0.15, 0.2) is 0 Å². The number of carbonyl (C=O) groups excluding carboxylic acids is 1. The summed E-state index contributed by atoms with van der Waals surface area (Å²) in [6.07, 6.45) is 0.252. The molecule has 1 aromatic rings. The molecule has 0 radical (unpaired) electrons. The summed E-state index contributed by atoms with van der Waals surface area (Å²) >= 11 is 5.95. The highest BCUT2D eigenvalue weighted by molar-refractivity contribution is 6.31. The van der Waals surface area contributed by atoms with E-state index in [1.54, 1.807) is 13.2 Å². The number of amides is 1. The first-order chi connectivity index (χ1) is 7.54. The second-order valence-corrected chi connectivity index (χ2v) is 4.12. The van der Waals surface area contributed by atoms with Gasteiger partial charge >= 0.3 is 0 Å². The molecule has 0 saturated carbocycles. The molecular weight excluding hydrogens is 226 g/mol. The summed E-state index contributed by atoms with van der Waals surface area (Å²) in [5, 5.41) is 3.46.